The normalized spacial score (nSPS) is 30.7. The molecular formula is C18H25ClFN. The van der Waals surface area contributed by atoms with Crippen LogP contribution in [0.3, 0.4) is 0 Å². The van der Waals surface area contributed by atoms with Crippen LogP contribution in [0.2, 0.25) is 5.02 Å². The first-order valence-corrected chi connectivity index (χ1v) is 8.71. The molecule has 4 unspecified atom stereocenters. The summed E-state index contributed by atoms with van der Waals surface area (Å²) in [7, 11) is 0. The van der Waals surface area contributed by atoms with Gasteiger partial charge >= 0.3 is 0 Å². The molecule has 0 amide bonds. The third-order valence-corrected chi connectivity index (χ3v) is 6.02. The largest absolute Gasteiger partial charge is 0.327 e. The maximum atomic E-state index is 13.4. The van der Waals surface area contributed by atoms with Crippen LogP contribution in [0.25, 0.3) is 0 Å². The van der Waals surface area contributed by atoms with Crippen LogP contribution in [-0.2, 0) is 6.42 Å². The molecule has 1 nitrogen and oxygen atoms in total. The third kappa shape index (κ3) is 3.60. The van der Waals surface area contributed by atoms with Crippen molar-refractivity contribution in [1.82, 2.24) is 0 Å². The van der Waals surface area contributed by atoms with Crippen LogP contribution in [0, 0.1) is 23.6 Å². The molecule has 3 rings (SSSR count). The van der Waals surface area contributed by atoms with E-state index in [-0.39, 0.29) is 11.9 Å². The average Bonchev–Trinajstić information content (AvgIpc) is 2.50. The van der Waals surface area contributed by atoms with Crippen LogP contribution >= 0.6 is 11.6 Å². The highest BCUT2D eigenvalue weighted by molar-refractivity contribution is 6.31. The standard InChI is InChI=1S/C18H25ClFN/c19-17-8-7-16(20)10-15(17)11-18(21)14-6-5-12-3-1-2-4-13(12)9-14/h7-8,10,12-14,18H,1-6,9,11,21H2. The van der Waals surface area contributed by atoms with Gasteiger partial charge in [-0.1, -0.05) is 37.3 Å². The first-order valence-electron chi connectivity index (χ1n) is 8.33. The Morgan fingerprint density at radius 1 is 1.14 bits per heavy atom. The van der Waals surface area contributed by atoms with Crippen LogP contribution < -0.4 is 5.73 Å². The summed E-state index contributed by atoms with van der Waals surface area (Å²) < 4.78 is 13.4. The topological polar surface area (TPSA) is 26.0 Å². The van der Waals surface area contributed by atoms with Crippen LogP contribution in [0.5, 0.6) is 0 Å². The van der Waals surface area contributed by atoms with E-state index in [2.05, 4.69) is 0 Å². The maximum Gasteiger partial charge on any atom is 0.123 e. The molecule has 0 spiro atoms. The van der Waals surface area contributed by atoms with Crippen LogP contribution in [-0.4, -0.2) is 6.04 Å². The molecule has 2 N–H and O–H groups in total. The Bertz CT molecular complexity index is 490. The predicted octanol–water partition coefficient (Wildman–Crippen LogP) is 4.96. The molecule has 0 saturated heterocycles. The van der Waals surface area contributed by atoms with Gasteiger partial charge in [-0.05, 0) is 67.2 Å². The summed E-state index contributed by atoms with van der Waals surface area (Å²) in [5.41, 5.74) is 7.30. The molecule has 2 saturated carbocycles. The fourth-order valence-electron chi connectivity index (χ4n) is 4.42. The molecular weight excluding hydrogens is 285 g/mol. The second-order valence-electron chi connectivity index (χ2n) is 6.98. The van der Waals surface area contributed by atoms with E-state index in [0.717, 1.165) is 17.4 Å². The molecule has 3 heteroatoms. The van der Waals surface area contributed by atoms with Gasteiger partial charge in [0.25, 0.3) is 0 Å². The number of fused-ring (bicyclic) bond motifs is 1. The first kappa shape index (κ1) is 15.3. The van der Waals surface area contributed by atoms with Gasteiger partial charge in [-0.3, -0.25) is 0 Å². The smallest absolute Gasteiger partial charge is 0.123 e. The Hall–Kier alpha value is -0.600. The molecule has 2 aliphatic carbocycles. The molecule has 2 fully saturated rings. The zero-order valence-corrected chi connectivity index (χ0v) is 13.3. The first-order chi connectivity index (χ1) is 10.1. The molecule has 116 valence electrons. The Balaban J connectivity index is 1.62. The molecule has 1 aromatic carbocycles. The average molecular weight is 310 g/mol. The minimum atomic E-state index is -0.224. The lowest BCUT2D eigenvalue weighted by Gasteiger charge is -2.41. The van der Waals surface area contributed by atoms with E-state index in [1.54, 1.807) is 6.07 Å². The van der Waals surface area contributed by atoms with E-state index in [1.165, 1.54) is 57.1 Å². The Morgan fingerprint density at radius 2 is 1.90 bits per heavy atom. The number of halogens is 2. The van der Waals surface area contributed by atoms with Crippen LogP contribution in [0.4, 0.5) is 4.39 Å². The quantitative estimate of drug-likeness (QED) is 0.839. The summed E-state index contributed by atoms with van der Waals surface area (Å²) in [6, 6.07) is 4.68. The monoisotopic (exact) mass is 309 g/mol. The van der Waals surface area contributed by atoms with Gasteiger partial charge in [-0.25, -0.2) is 4.39 Å². The Labute approximate surface area is 132 Å². The zero-order valence-electron chi connectivity index (χ0n) is 12.5. The fourth-order valence-corrected chi connectivity index (χ4v) is 4.61. The fraction of sp³-hybridized carbons (Fsp3) is 0.667. The number of nitrogens with two attached hydrogens (primary N) is 1. The summed E-state index contributed by atoms with van der Waals surface area (Å²) in [5, 5.41) is 0.637. The lowest BCUT2D eigenvalue weighted by molar-refractivity contribution is 0.117. The molecule has 2 aliphatic rings. The van der Waals surface area contributed by atoms with Crippen molar-refractivity contribution in [1.29, 1.82) is 0 Å². The summed E-state index contributed by atoms with van der Waals surface area (Å²) in [6.45, 7) is 0. The molecule has 4 atom stereocenters. The van der Waals surface area contributed by atoms with E-state index >= 15 is 0 Å². The van der Waals surface area contributed by atoms with E-state index in [4.69, 9.17) is 17.3 Å². The van der Waals surface area contributed by atoms with Gasteiger partial charge in [0.1, 0.15) is 5.82 Å². The number of benzene rings is 1. The molecule has 21 heavy (non-hydrogen) atoms. The van der Waals surface area contributed by atoms with Crippen molar-refractivity contribution in [2.24, 2.45) is 23.5 Å². The van der Waals surface area contributed by atoms with Crippen molar-refractivity contribution in [3.63, 3.8) is 0 Å². The molecule has 0 heterocycles. The van der Waals surface area contributed by atoms with Gasteiger partial charge in [-0.15, -0.1) is 0 Å². The minimum Gasteiger partial charge on any atom is -0.327 e. The summed E-state index contributed by atoms with van der Waals surface area (Å²) in [5.74, 6) is 2.17. The van der Waals surface area contributed by atoms with E-state index < -0.39 is 0 Å². The predicted molar refractivity (Wildman–Crippen MR) is 85.9 cm³/mol. The van der Waals surface area contributed by atoms with Crippen molar-refractivity contribution >= 4 is 11.6 Å². The van der Waals surface area contributed by atoms with E-state index in [1.807, 2.05) is 0 Å². The van der Waals surface area contributed by atoms with Gasteiger partial charge in [0, 0.05) is 11.1 Å². The van der Waals surface area contributed by atoms with Crippen molar-refractivity contribution in [3.05, 3.63) is 34.6 Å². The number of hydrogen-bond acceptors (Lipinski definition) is 1. The van der Waals surface area contributed by atoms with Crippen molar-refractivity contribution in [2.75, 3.05) is 0 Å². The lowest BCUT2D eigenvalue weighted by Crippen LogP contribution is -2.38. The second kappa shape index (κ2) is 6.66. The zero-order chi connectivity index (χ0) is 14.8. The second-order valence-corrected chi connectivity index (χ2v) is 7.39. The summed E-state index contributed by atoms with van der Waals surface area (Å²) in [4.78, 5) is 0. The highest BCUT2D eigenvalue weighted by Crippen LogP contribution is 2.43. The van der Waals surface area contributed by atoms with Crippen molar-refractivity contribution in [2.45, 2.75) is 57.4 Å². The van der Waals surface area contributed by atoms with Gasteiger partial charge in [0.05, 0.1) is 0 Å². The van der Waals surface area contributed by atoms with Crippen molar-refractivity contribution in [3.8, 4) is 0 Å². The highest BCUT2D eigenvalue weighted by atomic mass is 35.5. The molecule has 0 bridgehead atoms. The van der Waals surface area contributed by atoms with Crippen LogP contribution in [0.15, 0.2) is 18.2 Å². The maximum absolute atomic E-state index is 13.4. The molecule has 0 radical (unpaired) electrons. The molecule has 1 aromatic rings. The van der Waals surface area contributed by atoms with Crippen molar-refractivity contribution < 1.29 is 4.39 Å². The lowest BCUT2D eigenvalue weighted by atomic mass is 9.66. The molecule has 0 aromatic heterocycles. The highest BCUT2D eigenvalue weighted by Gasteiger charge is 2.34. The Morgan fingerprint density at radius 3 is 2.71 bits per heavy atom. The SMILES string of the molecule is NC(Cc1cc(F)ccc1Cl)C1CCC2CCCCC2C1. The summed E-state index contributed by atoms with van der Waals surface area (Å²) in [6.07, 6.45) is 10.1. The van der Waals surface area contributed by atoms with Gasteiger partial charge in [0.15, 0.2) is 0 Å². The third-order valence-electron chi connectivity index (χ3n) is 5.65. The molecule has 0 aliphatic heterocycles. The van der Waals surface area contributed by atoms with Gasteiger partial charge in [0.2, 0.25) is 0 Å². The van der Waals surface area contributed by atoms with Crippen LogP contribution in [0.1, 0.15) is 50.5 Å². The van der Waals surface area contributed by atoms with Gasteiger partial charge in [-0.2, -0.15) is 0 Å². The van der Waals surface area contributed by atoms with E-state index in [9.17, 15) is 4.39 Å². The van der Waals surface area contributed by atoms with E-state index in [0.29, 0.717) is 17.4 Å². The number of hydrogen-bond donors (Lipinski definition) is 1. The number of rotatable bonds is 3. The summed E-state index contributed by atoms with van der Waals surface area (Å²) >= 11 is 6.17. The minimum absolute atomic E-state index is 0.104. The van der Waals surface area contributed by atoms with Gasteiger partial charge < -0.3 is 5.73 Å². The Kier molecular flexibility index (Phi) is 4.85.